The van der Waals surface area contributed by atoms with Crippen molar-refractivity contribution in [1.82, 2.24) is 4.90 Å². The first kappa shape index (κ1) is 23.0. The van der Waals surface area contributed by atoms with Crippen LogP contribution < -0.4 is 9.47 Å². The maximum atomic E-state index is 13.4. The number of ether oxygens (including phenoxy) is 2. The van der Waals surface area contributed by atoms with Crippen LogP contribution >= 0.6 is 0 Å². The number of hydrogen-bond donors (Lipinski definition) is 1. The molecule has 180 valence electrons. The minimum absolute atomic E-state index is 0.0600. The molecule has 0 radical (unpaired) electrons. The summed E-state index contributed by atoms with van der Waals surface area (Å²) in [5.74, 6) is 1.21. The van der Waals surface area contributed by atoms with E-state index in [9.17, 15) is 15.2 Å². The predicted octanol–water partition coefficient (Wildman–Crippen LogP) is 5.27. The van der Waals surface area contributed by atoms with Gasteiger partial charge in [0, 0.05) is 18.3 Å². The molecule has 2 aromatic carbocycles. The normalized spacial score (nSPS) is 21.7. The second-order valence-electron chi connectivity index (χ2n) is 9.51. The second-order valence-corrected chi connectivity index (χ2v) is 9.51. The van der Waals surface area contributed by atoms with Crippen molar-refractivity contribution in [3.05, 3.63) is 76.5 Å². The lowest BCUT2D eigenvalue weighted by Gasteiger charge is -2.54. The molecule has 6 heteroatoms. The molecular formula is C29H30N2O4. The summed E-state index contributed by atoms with van der Waals surface area (Å²) in [5.41, 5.74) is 2.77. The van der Waals surface area contributed by atoms with E-state index in [1.165, 1.54) is 12.5 Å². The number of carbonyl (C=O) groups is 1. The minimum Gasteiger partial charge on any atom is -0.507 e. The summed E-state index contributed by atoms with van der Waals surface area (Å²) in [6.45, 7) is 0.676. The van der Waals surface area contributed by atoms with Crippen molar-refractivity contribution in [1.29, 1.82) is 5.26 Å². The fourth-order valence-electron chi connectivity index (χ4n) is 6.25. The van der Waals surface area contributed by atoms with Crippen LogP contribution in [0, 0.1) is 17.2 Å². The highest BCUT2D eigenvalue weighted by Gasteiger charge is 2.52. The molecule has 35 heavy (non-hydrogen) atoms. The van der Waals surface area contributed by atoms with Crippen LogP contribution in [0.5, 0.6) is 17.2 Å². The van der Waals surface area contributed by atoms with Crippen LogP contribution in [0.25, 0.3) is 0 Å². The zero-order chi connectivity index (χ0) is 24.6. The SMILES string of the molecule is COc1cc2c(cc1OC)[C@@]1(C3CCCCC3)C(C#N)=CC(C(=O)c3ccccc3O)=CN1CC2. The van der Waals surface area contributed by atoms with Gasteiger partial charge in [-0.2, -0.15) is 5.26 Å². The summed E-state index contributed by atoms with van der Waals surface area (Å²) in [6, 6.07) is 13.1. The number of ketones is 1. The van der Waals surface area contributed by atoms with Crippen LogP contribution in [0.15, 0.2) is 59.8 Å². The molecule has 6 nitrogen and oxygen atoms in total. The number of phenolic OH excluding ortho intramolecular Hbond substituents is 1. The number of carbonyl (C=O) groups excluding carboxylic acids is 1. The largest absolute Gasteiger partial charge is 0.507 e. The summed E-state index contributed by atoms with van der Waals surface area (Å²) < 4.78 is 11.3. The lowest BCUT2D eigenvalue weighted by Crippen LogP contribution is -2.55. The minimum atomic E-state index is -0.662. The van der Waals surface area contributed by atoms with E-state index >= 15 is 0 Å². The maximum absolute atomic E-state index is 13.4. The molecule has 1 aliphatic carbocycles. The fraction of sp³-hybridized carbons (Fsp3) is 0.379. The van der Waals surface area contributed by atoms with E-state index < -0.39 is 5.54 Å². The smallest absolute Gasteiger partial charge is 0.198 e. The Morgan fingerprint density at radius 3 is 2.51 bits per heavy atom. The number of fused-ring (bicyclic) bond motifs is 3. The van der Waals surface area contributed by atoms with E-state index in [-0.39, 0.29) is 23.0 Å². The number of hydrogen-bond acceptors (Lipinski definition) is 6. The molecule has 1 N–H and O–H groups in total. The second kappa shape index (κ2) is 9.14. The molecule has 1 saturated carbocycles. The Morgan fingerprint density at radius 1 is 1.11 bits per heavy atom. The zero-order valence-corrected chi connectivity index (χ0v) is 20.2. The van der Waals surface area contributed by atoms with Gasteiger partial charge in [-0.1, -0.05) is 31.4 Å². The number of allylic oxidation sites excluding steroid dienone is 2. The van der Waals surface area contributed by atoms with Gasteiger partial charge in [-0.05, 0) is 66.6 Å². The van der Waals surface area contributed by atoms with Crippen LogP contribution in [0.3, 0.4) is 0 Å². The Morgan fingerprint density at radius 2 is 1.83 bits per heavy atom. The number of nitriles is 1. The summed E-state index contributed by atoms with van der Waals surface area (Å²) in [7, 11) is 3.26. The Kier molecular flexibility index (Phi) is 6.02. The van der Waals surface area contributed by atoms with Crippen molar-refractivity contribution in [2.45, 2.75) is 44.1 Å². The molecule has 0 unspecified atom stereocenters. The highest BCUT2D eigenvalue weighted by Crippen LogP contribution is 2.55. The van der Waals surface area contributed by atoms with Crippen LogP contribution in [0.1, 0.15) is 53.6 Å². The van der Waals surface area contributed by atoms with Crippen molar-refractivity contribution in [2.75, 3.05) is 20.8 Å². The van der Waals surface area contributed by atoms with Gasteiger partial charge in [0.1, 0.15) is 11.3 Å². The van der Waals surface area contributed by atoms with Gasteiger partial charge < -0.3 is 19.5 Å². The number of para-hydroxylation sites is 1. The third kappa shape index (κ3) is 3.58. The summed E-state index contributed by atoms with van der Waals surface area (Å²) >= 11 is 0. The van der Waals surface area contributed by atoms with Crippen LogP contribution in [0.4, 0.5) is 0 Å². The molecule has 3 aliphatic rings. The van der Waals surface area contributed by atoms with Gasteiger partial charge in [0.2, 0.25) is 0 Å². The molecule has 1 fully saturated rings. The van der Waals surface area contributed by atoms with E-state index in [1.807, 2.05) is 18.3 Å². The number of phenols is 1. The standard InChI is InChI=1S/C29H30N2O4/c1-34-26-15-19-12-13-31-18-20(28(33)23-10-6-7-11-25(23)32)14-22(17-30)29(31,21-8-4-3-5-9-21)24(19)16-27(26)35-2/h6-7,10-11,14-16,18,21,32H,3-5,8-9,12-13H2,1-2H3/t29-/m1/s1. The van der Waals surface area contributed by atoms with E-state index in [1.54, 1.807) is 38.5 Å². The summed E-state index contributed by atoms with van der Waals surface area (Å²) in [5, 5.41) is 20.8. The monoisotopic (exact) mass is 470 g/mol. The highest BCUT2D eigenvalue weighted by atomic mass is 16.5. The first-order valence-corrected chi connectivity index (χ1v) is 12.2. The van der Waals surface area contributed by atoms with Gasteiger partial charge in [0.25, 0.3) is 0 Å². The van der Waals surface area contributed by atoms with Crippen LogP contribution in [0.2, 0.25) is 0 Å². The average Bonchev–Trinajstić information content (AvgIpc) is 2.91. The van der Waals surface area contributed by atoms with Gasteiger partial charge in [0.05, 0.1) is 31.4 Å². The van der Waals surface area contributed by atoms with Crippen LogP contribution in [-0.2, 0) is 12.0 Å². The predicted molar refractivity (Wildman–Crippen MR) is 132 cm³/mol. The highest BCUT2D eigenvalue weighted by molar-refractivity contribution is 6.12. The maximum Gasteiger partial charge on any atom is 0.198 e. The van der Waals surface area contributed by atoms with Crippen molar-refractivity contribution in [3.8, 4) is 23.3 Å². The van der Waals surface area contributed by atoms with Crippen molar-refractivity contribution < 1.29 is 19.4 Å². The molecule has 2 aliphatic heterocycles. The lowest BCUT2D eigenvalue weighted by molar-refractivity contribution is 0.0707. The van der Waals surface area contributed by atoms with Gasteiger partial charge in [0.15, 0.2) is 17.3 Å². The molecule has 0 saturated heterocycles. The van der Waals surface area contributed by atoms with Gasteiger partial charge >= 0.3 is 0 Å². The van der Waals surface area contributed by atoms with Gasteiger partial charge in [-0.3, -0.25) is 4.79 Å². The molecule has 0 amide bonds. The molecular weight excluding hydrogens is 440 g/mol. The zero-order valence-electron chi connectivity index (χ0n) is 20.2. The Labute approximate surface area is 206 Å². The molecule has 5 rings (SSSR count). The Bertz CT molecular complexity index is 1270. The molecule has 1 atom stereocenters. The average molecular weight is 471 g/mol. The van der Waals surface area contributed by atoms with Crippen molar-refractivity contribution in [2.24, 2.45) is 5.92 Å². The first-order chi connectivity index (χ1) is 17.0. The molecule has 0 bridgehead atoms. The molecule has 0 spiro atoms. The molecule has 2 aromatic rings. The number of nitrogens with zero attached hydrogens (tertiary/aromatic N) is 2. The number of rotatable bonds is 5. The van der Waals surface area contributed by atoms with Crippen molar-refractivity contribution in [3.63, 3.8) is 0 Å². The molecule has 2 heterocycles. The molecule has 0 aromatic heterocycles. The fourth-order valence-corrected chi connectivity index (χ4v) is 6.25. The Hall–Kier alpha value is -3.72. The summed E-state index contributed by atoms with van der Waals surface area (Å²) in [4.78, 5) is 15.6. The third-order valence-corrected chi connectivity index (χ3v) is 7.83. The Balaban J connectivity index is 1.71. The van der Waals surface area contributed by atoms with E-state index in [0.29, 0.717) is 29.2 Å². The number of aromatic hydroxyl groups is 1. The summed E-state index contributed by atoms with van der Waals surface area (Å²) in [6.07, 6.45) is 9.88. The topological polar surface area (TPSA) is 82.8 Å². The van der Waals surface area contributed by atoms with E-state index in [0.717, 1.165) is 43.2 Å². The van der Waals surface area contributed by atoms with Gasteiger partial charge in [-0.15, -0.1) is 0 Å². The first-order valence-electron chi connectivity index (χ1n) is 12.2. The van der Waals surface area contributed by atoms with Crippen LogP contribution in [-0.4, -0.2) is 36.6 Å². The van der Waals surface area contributed by atoms with E-state index in [2.05, 4.69) is 11.0 Å². The number of methoxy groups -OCH3 is 2. The third-order valence-electron chi connectivity index (χ3n) is 7.83. The lowest BCUT2D eigenvalue weighted by atomic mass is 9.62. The number of benzene rings is 2. The quantitative estimate of drug-likeness (QED) is 0.599. The van der Waals surface area contributed by atoms with Crippen molar-refractivity contribution >= 4 is 5.78 Å². The van der Waals surface area contributed by atoms with Gasteiger partial charge in [-0.25, -0.2) is 0 Å². The van der Waals surface area contributed by atoms with E-state index in [4.69, 9.17) is 9.47 Å². The number of Topliss-reactive ketones (excluding diaryl/α,β-unsaturated/α-hetero) is 1.